The third-order valence-electron chi connectivity index (χ3n) is 2.90. The van der Waals surface area contributed by atoms with E-state index in [9.17, 15) is 15.0 Å². The van der Waals surface area contributed by atoms with Crippen LogP contribution in [0.2, 0.25) is 15.1 Å². The van der Waals surface area contributed by atoms with E-state index >= 15 is 0 Å². The highest BCUT2D eigenvalue weighted by molar-refractivity contribution is 9.11. The Morgan fingerprint density at radius 3 is 2.38 bits per heavy atom. The monoisotopic (exact) mass is 544 g/mol. The zero-order valence-electron chi connectivity index (χ0n) is 12.6. The van der Waals surface area contributed by atoms with Crippen LogP contribution in [0.4, 0.5) is 0 Å². The second kappa shape index (κ2) is 9.14. The van der Waals surface area contributed by atoms with Crippen molar-refractivity contribution in [2.24, 2.45) is 5.10 Å². The summed E-state index contributed by atoms with van der Waals surface area (Å²) in [4.78, 5) is 11.8. The third kappa shape index (κ3) is 5.17. The first-order valence-corrected chi connectivity index (χ1v) is 9.42. The fourth-order valence-corrected chi connectivity index (χ4v) is 3.49. The minimum Gasteiger partial charge on any atom is -0.503 e. The first kappa shape index (κ1) is 21.1. The SMILES string of the molecule is O=C(COc1c(Cl)cc(Cl)cc1Cl)NN=Cc1cc(Br)c(O)c(O)c1Br. The predicted octanol–water partition coefficient (Wildman–Crippen LogP) is 5.11. The van der Waals surface area contributed by atoms with E-state index in [1.807, 2.05) is 0 Å². The second-order valence-electron chi connectivity index (χ2n) is 4.74. The molecule has 0 aliphatic heterocycles. The average molecular weight is 547 g/mol. The first-order valence-electron chi connectivity index (χ1n) is 6.70. The molecule has 1 amide bonds. The van der Waals surface area contributed by atoms with Gasteiger partial charge in [0.05, 0.1) is 25.2 Å². The molecule has 6 nitrogen and oxygen atoms in total. The summed E-state index contributed by atoms with van der Waals surface area (Å²) in [5.74, 6) is -1.11. The number of nitrogens with zero attached hydrogens (tertiary/aromatic N) is 1. The molecule has 0 aliphatic carbocycles. The molecule has 3 N–H and O–H groups in total. The summed E-state index contributed by atoms with van der Waals surface area (Å²) in [6.45, 7) is -0.385. The molecule has 11 heteroatoms. The highest BCUT2D eigenvalue weighted by atomic mass is 79.9. The van der Waals surface area contributed by atoms with Crippen molar-refractivity contribution in [1.82, 2.24) is 5.43 Å². The average Bonchev–Trinajstić information content (AvgIpc) is 2.56. The molecular formula is C15H9Br2Cl3N2O4. The quantitative estimate of drug-likeness (QED) is 0.276. The topological polar surface area (TPSA) is 91.2 Å². The molecule has 0 saturated heterocycles. The molecule has 0 saturated carbocycles. The maximum absolute atomic E-state index is 11.8. The largest absolute Gasteiger partial charge is 0.503 e. The van der Waals surface area contributed by atoms with Crippen LogP contribution in [0.1, 0.15) is 5.56 Å². The van der Waals surface area contributed by atoms with Crippen molar-refractivity contribution < 1.29 is 19.7 Å². The lowest BCUT2D eigenvalue weighted by atomic mass is 10.2. The number of carbonyl (C=O) groups is 1. The van der Waals surface area contributed by atoms with Gasteiger partial charge in [0.2, 0.25) is 0 Å². The van der Waals surface area contributed by atoms with Crippen molar-refractivity contribution in [3.8, 4) is 17.2 Å². The molecule has 0 unspecified atom stereocenters. The number of hydrogen-bond donors (Lipinski definition) is 3. The van der Waals surface area contributed by atoms with Crippen molar-refractivity contribution in [3.63, 3.8) is 0 Å². The number of benzene rings is 2. The number of hydrogen-bond acceptors (Lipinski definition) is 5. The molecule has 0 aromatic heterocycles. The Balaban J connectivity index is 1.99. The first-order chi connectivity index (χ1) is 12.2. The van der Waals surface area contributed by atoms with Crippen LogP contribution in [0.3, 0.4) is 0 Å². The Labute approximate surface area is 180 Å². The van der Waals surface area contributed by atoms with Gasteiger partial charge >= 0.3 is 0 Å². The Morgan fingerprint density at radius 2 is 1.77 bits per heavy atom. The number of aromatic hydroxyl groups is 2. The van der Waals surface area contributed by atoms with Gasteiger partial charge in [-0.25, -0.2) is 5.43 Å². The summed E-state index contributed by atoms with van der Waals surface area (Å²) in [7, 11) is 0. The van der Waals surface area contributed by atoms with E-state index in [1.165, 1.54) is 24.4 Å². The van der Waals surface area contributed by atoms with Gasteiger partial charge < -0.3 is 14.9 Å². The highest BCUT2D eigenvalue weighted by Gasteiger charge is 2.13. The van der Waals surface area contributed by atoms with Crippen LogP contribution >= 0.6 is 66.7 Å². The maximum Gasteiger partial charge on any atom is 0.277 e. The molecule has 0 bridgehead atoms. The number of phenolic OH excluding ortho intramolecular Hbond substituents is 2. The van der Waals surface area contributed by atoms with Gasteiger partial charge in [0.1, 0.15) is 0 Å². The lowest BCUT2D eigenvalue weighted by Crippen LogP contribution is -2.24. The number of hydrazone groups is 1. The molecule has 0 heterocycles. The standard InChI is InChI=1S/C15H9Br2Cl3N2O4/c16-8-1-6(12(17)14(25)13(8)24)4-21-22-11(23)5-26-15-9(19)2-7(18)3-10(15)20/h1-4,24-25H,5H2,(H,22,23). The van der Waals surface area contributed by atoms with Gasteiger partial charge in [0, 0.05) is 10.6 Å². The zero-order chi connectivity index (χ0) is 19.4. The Bertz CT molecular complexity index is 871. The van der Waals surface area contributed by atoms with Crippen LogP contribution in [0, 0.1) is 0 Å². The van der Waals surface area contributed by atoms with Crippen LogP contribution in [0.5, 0.6) is 17.2 Å². The summed E-state index contributed by atoms with van der Waals surface area (Å²) in [5, 5.41) is 23.7. The molecule has 0 radical (unpaired) electrons. The van der Waals surface area contributed by atoms with E-state index < -0.39 is 5.91 Å². The number of rotatable bonds is 5. The Morgan fingerprint density at radius 1 is 1.15 bits per heavy atom. The number of carbonyl (C=O) groups excluding carboxylic acids is 1. The lowest BCUT2D eigenvalue weighted by Gasteiger charge is -2.09. The summed E-state index contributed by atoms with van der Waals surface area (Å²) in [5.41, 5.74) is 2.66. The fourth-order valence-electron chi connectivity index (χ4n) is 1.73. The molecule has 0 fully saturated rings. The normalized spacial score (nSPS) is 11.0. The van der Waals surface area contributed by atoms with Gasteiger partial charge in [-0.05, 0) is 50.1 Å². The Kier molecular flexibility index (Phi) is 7.42. The molecule has 0 spiro atoms. The minimum atomic E-state index is -0.568. The minimum absolute atomic E-state index is 0.131. The number of nitrogens with one attached hydrogen (secondary N) is 1. The van der Waals surface area contributed by atoms with E-state index in [0.717, 1.165) is 0 Å². The summed E-state index contributed by atoms with van der Waals surface area (Å²) in [6, 6.07) is 4.37. The molecule has 0 atom stereocenters. The Hall–Kier alpha value is -1.19. The van der Waals surface area contributed by atoms with Crippen LogP contribution in [-0.4, -0.2) is 28.9 Å². The molecule has 26 heavy (non-hydrogen) atoms. The van der Waals surface area contributed by atoms with E-state index in [4.69, 9.17) is 39.5 Å². The summed E-state index contributed by atoms with van der Waals surface area (Å²) in [6.07, 6.45) is 1.27. The van der Waals surface area contributed by atoms with Gasteiger partial charge in [-0.15, -0.1) is 0 Å². The smallest absolute Gasteiger partial charge is 0.277 e. The molecule has 2 aromatic rings. The number of halogens is 5. The van der Waals surface area contributed by atoms with Crippen molar-refractivity contribution in [3.05, 3.63) is 47.8 Å². The summed E-state index contributed by atoms with van der Waals surface area (Å²) < 4.78 is 5.75. The van der Waals surface area contributed by atoms with E-state index in [2.05, 4.69) is 42.4 Å². The number of phenols is 2. The van der Waals surface area contributed by atoms with Gasteiger partial charge in [-0.2, -0.15) is 5.10 Å². The predicted molar refractivity (Wildman–Crippen MR) is 108 cm³/mol. The number of amides is 1. The van der Waals surface area contributed by atoms with Crippen molar-refractivity contribution in [2.45, 2.75) is 0 Å². The van der Waals surface area contributed by atoms with Crippen molar-refractivity contribution >= 4 is 78.8 Å². The van der Waals surface area contributed by atoms with Crippen LogP contribution in [0.25, 0.3) is 0 Å². The van der Waals surface area contributed by atoms with Crippen molar-refractivity contribution in [2.75, 3.05) is 6.61 Å². The summed E-state index contributed by atoms with van der Waals surface area (Å²) >= 11 is 23.9. The van der Waals surface area contributed by atoms with Crippen LogP contribution in [0.15, 0.2) is 32.2 Å². The molecule has 0 aliphatic rings. The third-order valence-corrected chi connectivity index (χ3v) is 5.12. The molecule has 2 aromatic carbocycles. The second-order valence-corrected chi connectivity index (χ2v) is 7.64. The van der Waals surface area contributed by atoms with Gasteiger partial charge in [-0.3, -0.25) is 4.79 Å². The number of ether oxygens (including phenoxy) is 1. The van der Waals surface area contributed by atoms with Crippen LogP contribution < -0.4 is 10.2 Å². The van der Waals surface area contributed by atoms with Crippen molar-refractivity contribution in [1.29, 1.82) is 0 Å². The van der Waals surface area contributed by atoms with Gasteiger partial charge in [0.15, 0.2) is 23.9 Å². The molecule has 138 valence electrons. The van der Waals surface area contributed by atoms with E-state index in [-0.39, 0.29) is 42.8 Å². The van der Waals surface area contributed by atoms with E-state index in [1.54, 1.807) is 0 Å². The maximum atomic E-state index is 11.8. The highest BCUT2D eigenvalue weighted by Crippen LogP contribution is 2.41. The molecular weight excluding hydrogens is 538 g/mol. The molecule has 2 rings (SSSR count). The van der Waals surface area contributed by atoms with Gasteiger partial charge in [0.25, 0.3) is 5.91 Å². The fraction of sp³-hybridized carbons (Fsp3) is 0.0667. The zero-order valence-corrected chi connectivity index (χ0v) is 18.0. The lowest BCUT2D eigenvalue weighted by molar-refractivity contribution is -0.123. The van der Waals surface area contributed by atoms with E-state index in [0.29, 0.717) is 10.6 Å². The van der Waals surface area contributed by atoms with Gasteiger partial charge in [-0.1, -0.05) is 34.8 Å². The van der Waals surface area contributed by atoms with Crippen LogP contribution in [-0.2, 0) is 4.79 Å².